The second-order valence-corrected chi connectivity index (χ2v) is 18.2. The van der Waals surface area contributed by atoms with Crippen LogP contribution in [0.2, 0.25) is 0 Å². The topological polar surface area (TPSA) is 218 Å². The minimum Gasteiger partial charge on any atom is -0.377 e. The Morgan fingerprint density at radius 3 is 1.27 bits per heavy atom. The van der Waals surface area contributed by atoms with Gasteiger partial charge in [0.05, 0.1) is 75.6 Å². The molecule has 0 spiro atoms. The molecule has 1 atom stereocenters. The lowest BCUT2D eigenvalue weighted by atomic mass is 9.41. The number of rotatable bonds is 34. The molecule has 1 unspecified atom stereocenters. The van der Waals surface area contributed by atoms with Gasteiger partial charge in [0, 0.05) is 44.4 Å². The molecular formula is C41H65N4O13P. The first-order valence-corrected chi connectivity index (χ1v) is 21.6. The van der Waals surface area contributed by atoms with Gasteiger partial charge in [-0.15, -0.1) is 19.3 Å². The Balaban J connectivity index is 2.14. The fourth-order valence-electron chi connectivity index (χ4n) is 6.53. The van der Waals surface area contributed by atoms with E-state index in [0.717, 1.165) is 0 Å². The highest BCUT2D eigenvalue weighted by Crippen LogP contribution is 2.74. The summed E-state index contributed by atoms with van der Waals surface area (Å²) in [7, 11) is -3.99. The van der Waals surface area contributed by atoms with Gasteiger partial charge in [-0.3, -0.25) is 23.7 Å². The van der Waals surface area contributed by atoms with E-state index in [1.807, 2.05) is 0 Å². The minimum atomic E-state index is -3.99. The summed E-state index contributed by atoms with van der Waals surface area (Å²) in [6, 6.07) is 0. The Morgan fingerprint density at radius 1 is 0.610 bits per heavy atom. The lowest BCUT2D eigenvalue weighted by molar-refractivity contribution is -0.240. The molecule has 59 heavy (non-hydrogen) atoms. The first-order valence-electron chi connectivity index (χ1n) is 20.0. The number of terminal acetylenes is 3. The van der Waals surface area contributed by atoms with Gasteiger partial charge >= 0.3 is 7.60 Å². The quantitative estimate of drug-likeness (QED) is 0.0353. The zero-order valence-electron chi connectivity index (χ0n) is 35.0. The molecular weight excluding hydrogens is 787 g/mol. The zero-order chi connectivity index (χ0) is 43.7. The van der Waals surface area contributed by atoms with Crippen LogP contribution < -0.4 is 21.3 Å². The highest BCUT2D eigenvalue weighted by Gasteiger charge is 2.75. The maximum absolute atomic E-state index is 14.1. The molecule has 0 heterocycles. The van der Waals surface area contributed by atoms with Crippen molar-refractivity contribution < 1.29 is 61.6 Å². The van der Waals surface area contributed by atoms with E-state index in [1.165, 1.54) is 0 Å². The lowest BCUT2D eigenvalue weighted by Gasteiger charge is -2.68. The molecule has 18 heteroatoms. The number of ether oxygens (including phenoxy) is 6. The van der Waals surface area contributed by atoms with Crippen LogP contribution in [0, 0.1) is 42.4 Å². The summed E-state index contributed by atoms with van der Waals surface area (Å²) < 4.78 is 50.7. The number of amides is 4. The number of hydrogen-bond acceptors (Lipinski definition) is 12. The molecule has 17 nitrogen and oxygen atoms in total. The van der Waals surface area contributed by atoms with E-state index in [2.05, 4.69) is 39.0 Å². The largest absolute Gasteiger partial charge is 0.377 e. The molecule has 2 bridgehead atoms. The molecule has 3 rings (SSSR count). The van der Waals surface area contributed by atoms with Crippen molar-refractivity contribution in [1.29, 1.82) is 0 Å². The molecule has 0 saturated heterocycles. The van der Waals surface area contributed by atoms with Gasteiger partial charge in [-0.05, 0) is 59.3 Å². The predicted octanol–water partition coefficient (Wildman–Crippen LogP) is 1.45. The summed E-state index contributed by atoms with van der Waals surface area (Å²) in [6.45, 7) is 8.64. The Bertz CT molecular complexity index is 1380. The van der Waals surface area contributed by atoms with Gasteiger partial charge in [0.2, 0.25) is 23.6 Å². The highest BCUT2D eigenvalue weighted by molar-refractivity contribution is 7.54. The van der Waals surface area contributed by atoms with Crippen LogP contribution in [0.25, 0.3) is 0 Å². The summed E-state index contributed by atoms with van der Waals surface area (Å²) in [5.74, 6) is 5.85. The standard InChI is InChI=1S/C41H65N4O13P/c1-7-19-52-25-28-55-22-16-42-34(46)10-13-40(14-11-35(47)43-17-23-56-29-26-53-20-8-2,15-12-36(48)44-18-24-57-30-27-54-21-9-3)45-37(49)39-31-41(32-39,33-39)58-59(50,51)38(4,5)6/h1-3H,10-33H2,4-6H3,(H,42,46)(H,43,47)(H,44,48)(H,45,49)(H,50,51). The number of nitrogens with one attached hydrogen (secondary N) is 4. The third-order valence-corrected chi connectivity index (χ3v) is 12.2. The van der Waals surface area contributed by atoms with Gasteiger partial charge in [-0.25, -0.2) is 0 Å². The van der Waals surface area contributed by atoms with E-state index in [-0.39, 0.29) is 141 Å². The van der Waals surface area contributed by atoms with E-state index < -0.39 is 29.3 Å². The van der Waals surface area contributed by atoms with Crippen LogP contribution in [0.5, 0.6) is 0 Å². The number of carbonyl (C=O) groups excluding carboxylic acids is 4. The average molecular weight is 853 g/mol. The summed E-state index contributed by atoms with van der Waals surface area (Å²) in [4.78, 5) is 64.1. The smallest absolute Gasteiger partial charge is 0.333 e. The van der Waals surface area contributed by atoms with Crippen molar-refractivity contribution in [2.45, 2.75) is 94.9 Å². The van der Waals surface area contributed by atoms with E-state index in [1.54, 1.807) is 20.8 Å². The Hall–Kier alpha value is -3.53. The molecule has 0 aliphatic heterocycles. The zero-order valence-corrected chi connectivity index (χ0v) is 35.9. The van der Waals surface area contributed by atoms with Crippen LogP contribution in [0.1, 0.15) is 78.6 Å². The van der Waals surface area contributed by atoms with Crippen molar-refractivity contribution in [3.63, 3.8) is 0 Å². The fraction of sp³-hybridized carbons (Fsp3) is 0.756. The molecule has 4 amide bonds. The van der Waals surface area contributed by atoms with Gasteiger partial charge in [0.1, 0.15) is 19.8 Å². The normalized spacial score (nSPS) is 19.1. The van der Waals surface area contributed by atoms with Gasteiger partial charge in [-0.2, -0.15) is 0 Å². The summed E-state index contributed by atoms with van der Waals surface area (Å²) in [5.41, 5.74) is -2.89. The van der Waals surface area contributed by atoms with Crippen LogP contribution >= 0.6 is 7.60 Å². The molecule has 0 radical (unpaired) electrons. The van der Waals surface area contributed by atoms with Crippen LogP contribution in [-0.4, -0.2) is 144 Å². The lowest BCUT2D eigenvalue weighted by Crippen LogP contribution is -2.74. The van der Waals surface area contributed by atoms with Crippen molar-refractivity contribution >= 4 is 31.2 Å². The van der Waals surface area contributed by atoms with Gasteiger partial charge in [0.25, 0.3) is 0 Å². The van der Waals surface area contributed by atoms with Crippen molar-refractivity contribution in [2.75, 3.05) is 98.9 Å². The molecule has 3 fully saturated rings. The van der Waals surface area contributed by atoms with Gasteiger partial charge in [0.15, 0.2) is 0 Å². The third kappa shape index (κ3) is 19.2. The second kappa shape index (κ2) is 26.6. The maximum atomic E-state index is 14.1. The average Bonchev–Trinajstić information content (AvgIpc) is 3.15. The van der Waals surface area contributed by atoms with Crippen LogP contribution in [0.15, 0.2) is 0 Å². The molecule has 332 valence electrons. The maximum Gasteiger partial charge on any atom is 0.333 e. The first kappa shape index (κ1) is 51.6. The fourth-order valence-corrected chi connectivity index (χ4v) is 7.52. The number of carbonyl (C=O) groups is 4. The molecule has 0 aromatic rings. The Kier molecular flexibility index (Phi) is 23.3. The SMILES string of the molecule is C#CCOCCOCCNC(=O)CCC(CCC(=O)NCCOCCOCC#C)(CCC(=O)NCCOCCOCC#C)NC(=O)C12CC(OP(=O)(O)C(C)(C)C)(C1)C2. The summed E-state index contributed by atoms with van der Waals surface area (Å²) in [6.07, 6.45) is 16.5. The van der Waals surface area contributed by atoms with Crippen LogP contribution in [0.3, 0.4) is 0 Å². The summed E-state index contributed by atoms with van der Waals surface area (Å²) in [5, 5.41) is 10.6. The van der Waals surface area contributed by atoms with E-state index >= 15 is 0 Å². The van der Waals surface area contributed by atoms with E-state index in [4.69, 9.17) is 52.2 Å². The molecule has 3 aliphatic rings. The molecule has 3 aliphatic carbocycles. The van der Waals surface area contributed by atoms with Crippen molar-refractivity contribution in [3.05, 3.63) is 0 Å². The second-order valence-electron chi connectivity index (χ2n) is 15.7. The Labute approximate surface area is 349 Å². The monoisotopic (exact) mass is 852 g/mol. The van der Waals surface area contributed by atoms with Gasteiger partial charge in [-0.1, -0.05) is 17.8 Å². The number of hydrogen-bond donors (Lipinski definition) is 5. The van der Waals surface area contributed by atoms with Crippen molar-refractivity contribution in [2.24, 2.45) is 5.41 Å². The van der Waals surface area contributed by atoms with Crippen LogP contribution in [0.4, 0.5) is 0 Å². The van der Waals surface area contributed by atoms with Crippen molar-refractivity contribution in [1.82, 2.24) is 21.3 Å². The summed E-state index contributed by atoms with van der Waals surface area (Å²) >= 11 is 0. The molecule has 3 saturated carbocycles. The van der Waals surface area contributed by atoms with Crippen molar-refractivity contribution in [3.8, 4) is 37.0 Å². The predicted molar refractivity (Wildman–Crippen MR) is 219 cm³/mol. The third-order valence-electron chi connectivity index (χ3n) is 9.88. The highest BCUT2D eigenvalue weighted by atomic mass is 31.2. The van der Waals surface area contributed by atoms with E-state index in [0.29, 0.717) is 39.6 Å². The molecule has 5 N–H and O–H groups in total. The minimum absolute atomic E-state index is 0.0285. The van der Waals surface area contributed by atoms with Gasteiger partial charge < -0.3 is 59.1 Å². The van der Waals surface area contributed by atoms with Crippen LogP contribution in [-0.2, 0) is 56.7 Å². The van der Waals surface area contributed by atoms with E-state index in [9.17, 15) is 28.6 Å². The molecule has 0 aromatic heterocycles. The first-order chi connectivity index (χ1) is 28.1. The molecule has 0 aromatic carbocycles. The Morgan fingerprint density at radius 2 is 0.949 bits per heavy atom.